The van der Waals surface area contributed by atoms with Gasteiger partial charge in [0.25, 0.3) is 5.91 Å². The molecule has 3 aromatic carbocycles. The Balaban J connectivity index is 1.55. The normalized spacial score (nSPS) is 10.4. The van der Waals surface area contributed by atoms with Gasteiger partial charge in [-0.05, 0) is 70.4 Å². The molecular weight excluding hydrogens is 390 g/mol. The Morgan fingerprint density at radius 3 is 2.42 bits per heavy atom. The number of anilines is 1. The van der Waals surface area contributed by atoms with E-state index in [0.29, 0.717) is 12.2 Å². The summed E-state index contributed by atoms with van der Waals surface area (Å²) >= 11 is 3.47. The van der Waals surface area contributed by atoms with Crippen LogP contribution in [0, 0.1) is 6.92 Å². The third-order valence-electron chi connectivity index (χ3n) is 3.99. The van der Waals surface area contributed by atoms with Gasteiger partial charge >= 0.3 is 0 Å². The van der Waals surface area contributed by atoms with Crippen LogP contribution >= 0.6 is 15.9 Å². The molecule has 0 aliphatic carbocycles. The molecule has 0 unspecified atom stereocenters. The first kappa shape index (κ1) is 18.2. The van der Waals surface area contributed by atoms with E-state index in [1.165, 1.54) is 5.56 Å². The highest BCUT2D eigenvalue weighted by atomic mass is 79.9. The van der Waals surface area contributed by atoms with Crippen molar-refractivity contribution in [2.75, 3.05) is 11.9 Å². The van der Waals surface area contributed by atoms with Crippen molar-refractivity contribution in [1.82, 2.24) is 0 Å². The van der Waals surface area contributed by atoms with Crippen LogP contribution in [0.5, 0.6) is 5.75 Å². The molecule has 0 radical (unpaired) electrons. The van der Waals surface area contributed by atoms with Crippen molar-refractivity contribution in [3.63, 3.8) is 0 Å². The Hall–Kier alpha value is -2.59. The molecule has 132 valence electrons. The number of benzene rings is 3. The van der Waals surface area contributed by atoms with E-state index in [2.05, 4.69) is 33.4 Å². The van der Waals surface area contributed by atoms with Crippen molar-refractivity contribution in [2.45, 2.75) is 13.3 Å². The number of hydrogen-bond donors (Lipinski definition) is 1. The van der Waals surface area contributed by atoms with Gasteiger partial charge in [-0.2, -0.15) is 0 Å². The zero-order chi connectivity index (χ0) is 18.4. The number of nitrogens with one attached hydrogen (secondary N) is 1. The molecule has 0 heterocycles. The number of aryl methyl sites for hydroxylation is 1. The summed E-state index contributed by atoms with van der Waals surface area (Å²) in [5.74, 6) is 0.611. The smallest absolute Gasteiger partial charge is 0.255 e. The molecule has 4 heteroatoms. The van der Waals surface area contributed by atoms with E-state index < -0.39 is 0 Å². The average molecular weight is 410 g/mol. The van der Waals surface area contributed by atoms with E-state index in [0.717, 1.165) is 27.9 Å². The summed E-state index contributed by atoms with van der Waals surface area (Å²) in [6, 6.07) is 23.2. The van der Waals surface area contributed by atoms with Crippen LogP contribution in [-0.4, -0.2) is 12.5 Å². The van der Waals surface area contributed by atoms with Crippen molar-refractivity contribution in [3.05, 3.63) is 94.0 Å². The number of amides is 1. The number of halogens is 1. The molecule has 1 amide bonds. The number of carbonyl (C=O) groups is 1. The Kier molecular flexibility index (Phi) is 6.08. The summed E-state index contributed by atoms with van der Waals surface area (Å²) in [5, 5.41) is 2.91. The van der Waals surface area contributed by atoms with Crippen molar-refractivity contribution in [3.8, 4) is 5.75 Å². The Morgan fingerprint density at radius 2 is 1.73 bits per heavy atom. The summed E-state index contributed by atoms with van der Waals surface area (Å²) in [5.41, 5.74) is 3.72. The minimum absolute atomic E-state index is 0.148. The zero-order valence-corrected chi connectivity index (χ0v) is 16.1. The lowest BCUT2D eigenvalue weighted by Gasteiger charge is -2.09. The molecule has 26 heavy (non-hydrogen) atoms. The standard InChI is InChI=1S/C22H20BrNO2/c1-16-7-12-21(20(23)15-16)24-22(25)18-8-10-19(11-9-18)26-14-13-17-5-3-2-4-6-17/h2-12,15H,13-14H2,1H3,(H,24,25). The van der Waals surface area contributed by atoms with Gasteiger partial charge in [-0.3, -0.25) is 4.79 Å². The monoisotopic (exact) mass is 409 g/mol. The second-order valence-corrected chi connectivity index (χ2v) is 6.90. The molecule has 0 aliphatic rings. The van der Waals surface area contributed by atoms with Crippen molar-refractivity contribution in [1.29, 1.82) is 0 Å². The number of rotatable bonds is 6. The molecule has 1 N–H and O–H groups in total. The molecule has 0 aromatic heterocycles. The summed E-state index contributed by atoms with van der Waals surface area (Å²) in [6.45, 7) is 2.61. The first-order chi connectivity index (χ1) is 12.6. The molecule has 0 saturated heterocycles. The van der Waals surface area contributed by atoms with Crippen LogP contribution in [0.4, 0.5) is 5.69 Å². The number of ether oxygens (including phenoxy) is 1. The van der Waals surface area contributed by atoms with Crippen LogP contribution in [0.3, 0.4) is 0 Å². The van der Waals surface area contributed by atoms with Crippen LogP contribution in [-0.2, 0) is 6.42 Å². The van der Waals surface area contributed by atoms with E-state index >= 15 is 0 Å². The molecule has 0 bridgehead atoms. The van der Waals surface area contributed by atoms with Gasteiger partial charge in [-0.1, -0.05) is 36.4 Å². The maximum Gasteiger partial charge on any atom is 0.255 e. The van der Waals surface area contributed by atoms with Crippen LogP contribution in [0.25, 0.3) is 0 Å². The van der Waals surface area contributed by atoms with Crippen molar-refractivity contribution in [2.24, 2.45) is 0 Å². The molecule has 3 rings (SSSR count). The lowest BCUT2D eigenvalue weighted by atomic mass is 10.1. The lowest BCUT2D eigenvalue weighted by molar-refractivity contribution is 0.102. The topological polar surface area (TPSA) is 38.3 Å². The summed E-state index contributed by atoms with van der Waals surface area (Å²) in [6.07, 6.45) is 0.852. The molecule has 0 fully saturated rings. The van der Waals surface area contributed by atoms with E-state index in [1.807, 2.05) is 55.5 Å². The van der Waals surface area contributed by atoms with Crippen LogP contribution in [0.15, 0.2) is 77.3 Å². The molecular formula is C22H20BrNO2. The number of carbonyl (C=O) groups excluding carboxylic acids is 1. The van der Waals surface area contributed by atoms with Gasteiger partial charge in [0.1, 0.15) is 5.75 Å². The second kappa shape index (κ2) is 8.68. The fourth-order valence-corrected chi connectivity index (χ4v) is 3.14. The number of hydrogen-bond acceptors (Lipinski definition) is 2. The van der Waals surface area contributed by atoms with Gasteiger partial charge in [0, 0.05) is 16.5 Å². The van der Waals surface area contributed by atoms with Crippen LogP contribution in [0.2, 0.25) is 0 Å². The lowest BCUT2D eigenvalue weighted by Crippen LogP contribution is -2.12. The molecule has 0 aliphatic heterocycles. The maximum absolute atomic E-state index is 12.4. The van der Waals surface area contributed by atoms with Gasteiger partial charge in [0.2, 0.25) is 0 Å². The third-order valence-corrected chi connectivity index (χ3v) is 4.65. The zero-order valence-electron chi connectivity index (χ0n) is 14.5. The van der Waals surface area contributed by atoms with Crippen molar-refractivity contribution >= 4 is 27.5 Å². The predicted molar refractivity (Wildman–Crippen MR) is 109 cm³/mol. The van der Waals surface area contributed by atoms with E-state index in [4.69, 9.17) is 4.74 Å². The van der Waals surface area contributed by atoms with Crippen molar-refractivity contribution < 1.29 is 9.53 Å². The maximum atomic E-state index is 12.4. The van der Waals surface area contributed by atoms with E-state index in [1.54, 1.807) is 12.1 Å². The fourth-order valence-electron chi connectivity index (χ4n) is 2.55. The Labute approximate surface area is 162 Å². The van der Waals surface area contributed by atoms with E-state index in [9.17, 15) is 4.79 Å². The van der Waals surface area contributed by atoms with Gasteiger partial charge in [-0.25, -0.2) is 0 Å². The highest BCUT2D eigenvalue weighted by molar-refractivity contribution is 9.10. The highest BCUT2D eigenvalue weighted by Crippen LogP contribution is 2.24. The van der Waals surface area contributed by atoms with Gasteiger partial charge in [0.15, 0.2) is 0 Å². The fraction of sp³-hybridized carbons (Fsp3) is 0.136. The second-order valence-electron chi connectivity index (χ2n) is 6.05. The molecule has 0 saturated carbocycles. The van der Waals surface area contributed by atoms with E-state index in [-0.39, 0.29) is 5.91 Å². The van der Waals surface area contributed by atoms with Gasteiger partial charge in [0.05, 0.1) is 12.3 Å². The van der Waals surface area contributed by atoms with Gasteiger partial charge in [-0.15, -0.1) is 0 Å². The summed E-state index contributed by atoms with van der Waals surface area (Å²) < 4.78 is 6.62. The van der Waals surface area contributed by atoms with Crippen LogP contribution in [0.1, 0.15) is 21.5 Å². The quantitative estimate of drug-likeness (QED) is 0.572. The Bertz CT molecular complexity index is 876. The molecule has 0 spiro atoms. The van der Waals surface area contributed by atoms with Gasteiger partial charge < -0.3 is 10.1 Å². The minimum Gasteiger partial charge on any atom is -0.493 e. The predicted octanol–water partition coefficient (Wildman–Crippen LogP) is 5.63. The average Bonchev–Trinajstić information content (AvgIpc) is 2.65. The third kappa shape index (κ3) is 4.96. The van der Waals surface area contributed by atoms with Crippen LogP contribution < -0.4 is 10.1 Å². The minimum atomic E-state index is -0.148. The summed E-state index contributed by atoms with van der Waals surface area (Å²) in [7, 11) is 0. The first-order valence-electron chi connectivity index (χ1n) is 8.46. The summed E-state index contributed by atoms with van der Waals surface area (Å²) in [4.78, 5) is 12.4. The SMILES string of the molecule is Cc1ccc(NC(=O)c2ccc(OCCc3ccccc3)cc2)c(Br)c1. The molecule has 3 nitrogen and oxygen atoms in total. The Morgan fingerprint density at radius 1 is 1.00 bits per heavy atom. The largest absolute Gasteiger partial charge is 0.493 e. The highest BCUT2D eigenvalue weighted by Gasteiger charge is 2.08. The molecule has 3 aromatic rings. The molecule has 0 atom stereocenters. The first-order valence-corrected chi connectivity index (χ1v) is 9.25.